The van der Waals surface area contributed by atoms with E-state index < -0.39 is 11.4 Å². The molecule has 1 rings (SSSR count). The quantitative estimate of drug-likeness (QED) is 0.882. The van der Waals surface area contributed by atoms with E-state index in [2.05, 4.69) is 0 Å². The first-order valence-corrected chi connectivity index (χ1v) is 6.08. The summed E-state index contributed by atoms with van der Waals surface area (Å²) in [7, 11) is 0. The number of rotatable bonds is 5. The van der Waals surface area contributed by atoms with Crippen LogP contribution in [-0.4, -0.2) is 18.2 Å². The fourth-order valence-electron chi connectivity index (χ4n) is 1.67. The van der Waals surface area contributed by atoms with Crippen LogP contribution in [0.2, 0.25) is 5.02 Å². The normalized spacial score (nSPS) is 13.8. The van der Waals surface area contributed by atoms with Gasteiger partial charge in [0.15, 0.2) is 0 Å². The number of nitrogens with two attached hydrogens (primary N) is 1. The lowest BCUT2D eigenvalue weighted by Crippen LogP contribution is -2.46. The van der Waals surface area contributed by atoms with Crippen LogP contribution in [0.5, 0.6) is 0 Å². The number of hydrogen-bond acceptors (Lipinski definition) is 2. The zero-order valence-electron chi connectivity index (χ0n) is 10.5. The molecule has 0 aliphatic heterocycles. The predicted octanol–water partition coefficient (Wildman–Crippen LogP) is 3.16. The van der Waals surface area contributed by atoms with Crippen LogP contribution in [0.4, 0.5) is 4.39 Å². The molecule has 0 heterocycles. The number of ether oxygens (including phenoxy) is 1. The summed E-state index contributed by atoms with van der Waals surface area (Å²) in [4.78, 5) is 0. The van der Waals surface area contributed by atoms with Crippen molar-refractivity contribution in [2.75, 3.05) is 6.61 Å². The molecule has 0 aliphatic rings. The summed E-state index contributed by atoms with van der Waals surface area (Å²) in [5, 5.41) is 0.148. The van der Waals surface area contributed by atoms with Gasteiger partial charge in [0.25, 0.3) is 0 Å². The Bertz CT molecular complexity index is 382. The van der Waals surface area contributed by atoms with Gasteiger partial charge in [-0.05, 0) is 38.8 Å². The highest BCUT2D eigenvalue weighted by atomic mass is 35.5. The zero-order chi connectivity index (χ0) is 13.1. The van der Waals surface area contributed by atoms with Gasteiger partial charge in [-0.1, -0.05) is 23.7 Å². The average molecular weight is 260 g/mol. The van der Waals surface area contributed by atoms with Crippen molar-refractivity contribution in [2.45, 2.75) is 38.8 Å². The Balaban J connectivity index is 2.81. The second-order valence-corrected chi connectivity index (χ2v) is 4.94. The largest absolute Gasteiger partial charge is 0.374 e. The van der Waals surface area contributed by atoms with Crippen molar-refractivity contribution < 1.29 is 9.13 Å². The third-order valence-corrected chi connectivity index (χ3v) is 3.30. The van der Waals surface area contributed by atoms with Gasteiger partial charge < -0.3 is 10.5 Å². The summed E-state index contributed by atoms with van der Waals surface area (Å²) in [5.41, 5.74) is 6.34. The average Bonchev–Trinajstić information content (AvgIpc) is 2.24. The van der Waals surface area contributed by atoms with Gasteiger partial charge in [-0.2, -0.15) is 0 Å². The Morgan fingerprint density at radius 2 is 2.12 bits per heavy atom. The molecule has 0 saturated heterocycles. The van der Waals surface area contributed by atoms with Crippen molar-refractivity contribution in [1.29, 1.82) is 0 Å². The molecule has 0 fully saturated rings. The van der Waals surface area contributed by atoms with E-state index in [9.17, 15) is 4.39 Å². The first-order valence-electron chi connectivity index (χ1n) is 5.71. The predicted molar refractivity (Wildman–Crippen MR) is 68.8 cm³/mol. The number of halogens is 2. The molecule has 0 spiro atoms. The molecular weight excluding hydrogens is 241 g/mol. The van der Waals surface area contributed by atoms with Gasteiger partial charge in [-0.25, -0.2) is 4.39 Å². The summed E-state index contributed by atoms with van der Waals surface area (Å²) < 4.78 is 18.8. The van der Waals surface area contributed by atoms with Crippen LogP contribution in [0.3, 0.4) is 0 Å². The van der Waals surface area contributed by atoms with Crippen LogP contribution in [0.25, 0.3) is 0 Å². The Morgan fingerprint density at radius 3 is 2.71 bits per heavy atom. The lowest BCUT2D eigenvalue weighted by molar-refractivity contribution is -0.0288. The maximum Gasteiger partial charge on any atom is 0.142 e. The van der Waals surface area contributed by atoms with Gasteiger partial charge in [-0.3, -0.25) is 0 Å². The highest BCUT2D eigenvalue weighted by molar-refractivity contribution is 6.31. The minimum Gasteiger partial charge on any atom is -0.374 e. The molecule has 0 bridgehead atoms. The van der Waals surface area contributed by atoms with Crippen LogP contribution in [0.1, 0.15) is 26.3 Å². The molecule has 1 atom stereocenters. The van der Waals surface area contributed by atoms with Crippen LogP contribution in [0, 0.1) is 5.82 Å². The molecule has 1 unspecified atom stereocenters. The molecule has 0 saturated carbocycles. The standard InChI is InChI=1S/C13H19ClFNO/c1-4-17-13(2,3)11(16)8-9-6-5-7-10(15)12(9)14/h5-7,11H,4,8,16H2,1-3H3. The highest BCUT2D eigenvalue weighted by Gasteiger charge is 2.27. The van der Waals surface area contributed by atoms with E-state index in [0.29, 0.717) is 18.6 Å². The fraction of sp³-hybridized carbons (Fsp3) is 0.538. The van der Waals surface area contributed by atoms with Gasteiger partial charge >= 0.3 is 0 Å². The van der Waals surface area contributed by atoms with Crippen LogP contribution >= 0.6 is 11.6 Å². The van der Waals surface area contributed by atoms with Crippen LogP contribution in [0.15, 0.2) is 18.2 Å². The highest BCUT2D eigenvalue weighted by Crippen LogP contribution is 2.24. The van der Waals surface area contributed by atoms with Crippen molar-refractivity contribution in [2.24, 2.45) is 5.73 Å². The van der Waals surface area contributed by atoms with Crippen molar-refractivity contribution >= 4 is 11.6 Å². The lowest BCUT2D eigenvalue weighted by atomic mass is 9.93. The summed E-state index contributed by atoms with van der Waals surface area (Å²) in [5.74, 6) is -0.411. The maximum absolute atomic E-state index is 13.3. The molecule has 17 heavy (non-hydrogen) atoms. The van der Waals surface area contributed by atoms with Crippen molar-refractivity contribution in [1.82, 2.24) is 0 Å². The van der Waals surface area contributed by atoms with Crippen molar-refractivity contribution in [3.8, 4) is 0 Å². The molecule has 2 nitrogen and oxygen atoms in total. The number of hydrogen-bond donors (Lipinski definition) is 1. The van der Waals surface area contributed by atoms with Gasteiger partial charge in [0.1, 0.15) is 5.82 Å². The minimum absolute atomic E-state index is 0.148. The molecule has 1 aromatic carbocycles. The topological polar surface area (TPSA) is 35.2 Å². The molecule has 4 heteroatoms. The Kier molecular flexibility index (Phi) is 4.92. The van der Waals surface area contributed by atoms with Crippen LogP contribution < -0.4 is 5.73 Å². The first-order chi connectivity index (χ1) is 7.88. The van der Waals surface area contributed by atoms with Gasteiger partial charge in [0.05, 0.1) is 10.6 Å². The van der Waals surface area contributed by atoms with E-state index in [4.69, 9.17) is 22.1 Å². The van der Waals surface area contributed by atoms with E-state index in [1.807, 2.05) is 20.8 Å². The van der Waals surface area contributed by atoms with E-state index in [1.165, 1.54) is 6.07 Å². The molecule has 1 aromatic rings. The molecule has 2 N–H and O–H groups in total. The van der Waals surface area contributed by atoms with E-state index >= 15 is 0 Å². The minimum atomic E-state index is -0.454. The van der Waals surface area contributed by atoms with Crippen molar-refractivity contribution in [3.05, 3.63) is 34.6 Å². The Morgan fingerprint density at radius 1 is 1.47 bits per heavy atom. The maximum atomic E-state index is 13.3. The molecule has 0 radical (unpaired) electrons. The molecular formula is C13H19ClFNO. The molecule has 0 aromatic heterocycles. The van der Waals surface area contributed by atoms with E-state index in [-0.39, 0.29) is 11.1 Å². The molecule has 96 valence electrons. The lowest BCUT2D eigenvalue weighted by Gasteiger charge is -2.31. The SMILES string of the molecule is CCOC(C)(C)C(N)Cc1cccc(F)c1Cl. The number of benzene rings is 1. The summed E-state index contributed by atoms with van der Waals surface area (Å²) in [6.45, 7) is 6.37. The van der Waals surface area contributed by atoms with Crippen molar-refractivity contribution in [3.63, 3.8) is 0 Å². The van der Waals surface area contributed by atoms with Gasteiger partial charge in [-0.15, -0.1) is 0 Å². The van der Waals surface area contributed by atoms with E-state index in [0.717, 1.165) is 0 Å². The monoisotopic (exact) mass is 259 g/mol. The second-order valence-electron chi connectivity index (χ2n) is 4.56. The zero-order valence-corrected chi connectivity index (χ0v) is 11.2. The van der Waals surface area contributed by atoms with E-state index in [1.54, 1.807) is 12.1 Å². The Labute approximate surface area is 107 Å². The summed E-state index contributed by atoms with van der Waals surface area (Å²) in [6, 6.07) is 4.52. The Hall–Kier alpha value is -0.640. The summed E-state index contributed by atoms with van der Waals surface area (Å²) >= 11 is 5.89. The third kappa shape index (κ3) is 3.66. The van der Waals surface area contributed by atoms with Crippen LogP contribution in [-0.2, 0) is 11.2 Å². The summed E-state index contributed by atoms with van der Waals surface area (Å²) in [6.07, 6.45) is 0.490. The third-order valence-electron chi connectivity index (χ3n) is 2.88. The molecule has 0 aliphatic carbocycles. The first kappa shape index (κ1) is 14.4. The second kappa shape index (κ2) is 5.80. The van der Waals surface area contributed by atoms with Gasteiger partial charge in [0, 0.05) is 12.6 Å². The van der Waals surface area contributed by atoms with Gasteiger partial charge in [0.2, 0.25) is 0 Å². The smallest absolute Gasteiger partial charge is 0.142 e. The molecule has 0 amide bonds. The fourth-order valence-corrected chi connectivity index (χ4v) is 1.87.